The molecule has 1 aromatic rings. The minimum Gasteiger partial charge on any atom is -0.399 e. The molecule has 0 saturated carbocycles. The normalized spacial score (nSPS) is 20.8. The molecule has 0 bridgehead atoms. The number of rotatable bonds is 1. The van der Waals surface area contributed by atoms with Crippen LogP contribution in [0.15, 0.2) is 16.9 Å². The van der Waals surface area contributed by atoms with Crippen LogP contribution in [0.1, 0.15) is 33.3 Å². The third-order valence-electron chi connectivity index (χ3n) is 3.56. The third-order valence-corrected chi connectivity index (χ3v) is 4.16. The summed E-state index contributed by atoms with van der Waals surface area (Å²) in [5, 5.41) is 9.19. The summed E-state index contributed by atoms with van der Waals surface area (Å²) in [6, 6.07) is 3.88. The van der Waals surface area contributed by atoms with E-state index in [1.54, 1.807) is 12.3 Å². The SMILES string of the molecule is CC1(C)OB(c2ccnc(Br)c2C#N)OC1(C)C. The second-order valence-electron chi connectivity index (χ2n) is 5.27. The summed E-state index contributed by atoms with van der Waals surface area (Å²) in [7, 11) is -0.538. The van der Waals surface area contributed by atoms with Crippen molar-refractivity contribution in [1.29, 1.82) is 5.26 Å². The molecule has 2 heterocycles. The maximum absolute atomic E-state index is 9.19. The van der Waals surface area contributed by atoms with Crippen LogP contribution in [0.2, 0.25) is 0 Å². The van der Waals surface area contributed by atoms with Gasteiger partial charge < -0.3 is 9.31 Å². The standard InChI is InChI=1S/C12H14BBrN2O2/c1-11(2)12(3,4)18-13(17-11)9-5-6-16-10(14)8(9)7-15/h5-6H,1-4H3. The fraction of sp³-hybridized carbons (Fsp3) is 0.500. The van der Waals surface area contributed by atoms with E-state index in [1.165, 1.54) is 0 Å². The van der Waals surface area contributed by atoms with Crippen LogP contribution in [0.4, 0.5) is 0 Å². The average molecular weight is 309 g/mol. The molecule has 0 spiro atoms. The molecule has 1 saturated heterocycles. The average Bonchev–Trinajstić information content (AvgIpc) is 2.47. The van der Waals surface area contributed by atoms with E-state index < -0.39 is 18.3 Å². The second-order valence-corrected chi connectivity index (χ2v) is 6.02. The van der Waals surface area contributed by atoms with Gasteiger partial charge in [0.2, 0.25) is 0 Å². The Labute approximate surface area is 116 Å². The molecule has 2 rings (SSSR count). The van der Waals surface area contributed by atoms with Gasteiger partial charge >= 0.3 is 7.12 Å². The summed E-state index contributed by atoms with van der Waals surface area (Å²) in [5.41, 5.74) is 0.328. The van der Waals surface area contributed by atoms with Gasteiger partial charge in [-0.1, -0.05) is 0 Å². The van der Waals surface area contributed by atoms with Crippen LogP contribution in [0.25, 0.3) is 0 Å². The topological polar surface area (TPSA) is 55.1 Å². The van der Waals surface area contributed by atoms with Crippen LogP contribution in [0.5, 0.6) is 0 Å². The van der Waals surface area contributed by atoms with Crippen molar-refractivity contribution in [2.24, 2.45) is 0 Å². The highest BCUT2D eigenvalue weighted by Gasteiger charge is 2.52. The van der Waals surface area contributed by atoms with E-state index >= 15 is 0 Å². The van der Waals surface area contributed by atoms with Crippen molar-refractivity contribution in [3.8, 4) is 6.07 Å². The first-order chi connectivity index (χ1) is 8.28. The molecule has 0 unspecified atom stereocenters. The van der Waals surface area contributed by atoms with E-state index in [-0.39, 0.29) is 0 Å². The molecule has 1 fully saturated rings. The summed E-state index contributed by atoms with van der Waals surface area (Å²) in [5.74, 6) is 0. The highest BCUT2D eigenvalue weighted by Crippen LogP contribution is 2.36. The number of pyridine rings is 1. The first-order valence-corrected chi connectivity index (χ1v) is 6.48. The molecule has 1 aromatic heterocycles. The monoisotopic (exact) mass is 308 g/mol. The van der Waals surface area contributed by atoms with Gasteiger partial charge in [-0.3, -0.25) is 0 Å². The van der Waals surface area contributed by atoms with Crippen molar-refractivity contribution >= 4 is 28.5 Å². The molecule has 94 valence electrons. The molecule has 4 nitrogen and oxygen atoms in total. The number of hydrogen-bond acceptors (Lipinski definition) is 4. The van der Waals surface area contributed by atoms with E-state index in [9.17, 15) is 5.26 Å². The zero-order chi connectivity index (χ0) is 13.6. The molecule has 6 heteroatoms. The van der Waals surface area contributed by atoms with Crippen molar-refractivity contribution in [3.63, 3.8) is 0 Å². The second kappa shape index (κ2) is 4.34. The molecule has 0 amide bonds. The smallest absolute Gasteiger partial charge is 0.399 e. The van der Waals surface area contributed by atoms with Gasteiger partial charge in [0.15, 0.2) is 0 Å². The van der Waals surface area contributed by atoms with Crippen molar-refractivity contribution < 1.29 is 9.31 Å². The van der Waals surface area contributed by atoms with Gasteiger partial charge in [0.05, 0.1) is 16.8 Å². The maximum Gasteiger partial charge on any atom is 0.496 e. The Balaban J connectivity index is 2.42. The van der Waals surface area contributed by atoms with Gasteiger partial charge in [-0.15, -0.1) is 0 Å². The van der Waals surface area contributed by atoms with E-state index in [0.717, 1.165) is 0 Å². The molecule has 0 N–H and O–H groups in total. The molecule has 0 aliphatic carbocycles. The maximum atomic E-state index is 9.19. The highest BCUT2D eigenvalue weighted by molar-refractivity contribution is 9.10. The molecule has 1 aliphatic rings. The lowest BCUT2D eigenvalue weighted by Crippen LogP contribution is -2.41. The third kappa shape index (κ3) is 2.07. The van der Waals surface area contributed by atoms with Crippen LogP contribution < -0.4 is 5.46 Å². The fourth-order valence-electron chi connectivity index (χ4n) is 1.73. The Kier molecular flexibility index (Phi) is 3.26. The zero-order valence-corrected chi connectivity index (χ0v) is 12.4. The molecule has 0 atom stereocenters. The number of nitriles is 1. The molecular weight excluding hydrogens is 295 g/mol. The van der Waals surface area contributed by atoms with Crippen molar-refractivity contribution in [3.05, 3.63) is 22.4 Å². The van der Waals surface area contributed by atoms with Gasteiger partial charge in [0.25, 0.3) is 0 Å². The quantitative estimate of drug-likeness (QED) is 0.588. The number of hydrogen-bond donors (Lipinski definition) is 0. The molecule has 1 aliphatic heterocycles. The summed E-state index contributed by atoms with van der Waals surface area (Å²) in [6.45, 7) is 7.93. The zero-order valence-electron chi connectivity index (χ0n) is 10.8. The summed E-state index contributed by atoms with van der Waals surface area (Å²) in [4.78, 5) is 4.04. The van der Waals surface area contributed by atoms with E-state index in [4.69, 9.17) is 9.31 Å². The van der Waals surface area contributed by atoms with Crippen molar-refractivity contribution in [2.75, 3.05) is 0 Å². The van der Waals surface area contributed by atoms with Crippen LogP contribution in [-0.4, -0.2) is 23.3 Å². The van der Waals surface area contributed by atoms with Gasteiger partial charge in [-0.25, -0.2) is 4.98 Å². The largest absolute Gasteiger partial charge is 0.496 e. The van der Waals surface area contributed by atoms with E-state index in [0.29, 0.717) is 15.6 Å². The summed E-state index contributed by atoms with van der Waals surface area (Å²) in [6.07, 6.45) is 1.63. The Morgan fingerprint density at radius 2 is 1.83 bits per heavy atom. The fourth-order valence-corrected chi connectivity index (χ4v) is 2.16. The minimum atomic E-state index is -0.538. The van der Waals surface area contributed by atoms with Crippen LogP contribution in [-0.2, 0) is 9.31 Å². The lowest BCUT2D eigenvalue weighted by Gasteiger charge is -2.32. The van der Waals surface area contributed by atoms with Crippen LogP contribution in [0.3, 0.4) is 0 Å². The van der Waals surface area contributed by atoms with Gasteiger partial charge in [0.1, 0.15) is 10.7 Å². The predicted octanol–water partition coefficient (Wildman–Crippen LogP) is 2.01. The molecule has 0 radical (unpaired) electrons. The van der Waals surface area contributed by atoms with Gasteiger partial charge in [-0.05, 0) is 49.7 Å². The number of aromatic nitrogens is 1. The molecule has 18 heavy (non-hydrogen) atoms. The van der Waals surface area contributed by atoms with Crippen molar-refractivity contribution in [1.82, 2.24) is 4.98 Å². The first-order valence-electron chi connectivity index (χ1n) is 5.68. The van der Waals surface area contributed by atoms with Crippen molar-refractivity contribution in [2.45, 2.75) is 38.9 Å². The summed E-state index contributed by atoms with van der Waals surface area (Å²) < 4.78 is 12.4. The molecule has 0 aromatic carbocycles. The first kappa shape index (κ1) is 13.5. The highest BCUT2D eigenvalue weighted by atomic mass is 79.9. The number of nitrogens with zero attached hydrogens (tertiary/aromatic N) is 2. The summed E-state index contributed by atoms with van der Waals surface area (Å²) >= 11 is 3.27. The lowest BCUT2D eigenvalue weighted by molar-refractivity contribution is 0.00578. The predicted molar refractivity (Wildman–Crippen MR) is 72.4 cm³/mol. The van der Waals surface area contributed by atoms with E-state index in [2.05, 4.69) is 27.0 Å². The minimum absolute atomic E-state index is 0.417. The lowest BCUT2D eigenvalue weighted by atomic mass is 9.77. The Bertz CT molecular complexity index is 509. The van der Waals surface area contributed by atoms with Crippen LogP contribution in [0, 0.1) is 11.3 Å². The Hall–Kier alpha value is -0.895. The van der Waals surface area contributed by atoms with E-state index in [1.807, 2.05) is 27.7 Å². The number of halogens is 1. The van der Waals surface area contributed by atoms with Gasteiger partial charge in [-0.2, -0.15) is 5.26 Å². The van der Waals surface area contributed by atoms with Crippen LogP contribution >= 0.6 is 15.9 Å². The Morgan fingerprint density at radius 3 is 2.33 bits per heavy atom. The van der Waals surface area contributed by atoms with Gasteiger partial charge in [0, 0.05) is 11.7 Å². The Morgan fingerprint density at radius 1 is 1.28 bits per heavy atom. The molecular formula is C12H14BBrN2O2.